The predicted molar refractivity (Wildman–Crippen MR) is 58.2 cm³/mol. The number of aromatic amines is 1. The van der Waals surface area contributed by atoms with Crippen LogP contribution in [0.5, 0.6) is 0 Å². The van der Waals surface area contributed by atoms with Crippen LogP contribution in [0.25, 0.3) is 11.4 Å². The van der Waals surface area contributed by atoms with Crippen LogP contribution in [0.15, 0.2) is 24.4 Å². The molecule has 14 heavy (non-hydrogen) atoms. The van der Waals surface area contributed by atoms with Gasteiger partial charge in [-0.1, -0.05) is 6.07 Å². The zero-order valence-corrected chi connectivity index (χ0v) is 8.51. The van der Waals surface area contributed by atoms with Gasteiger partial charge in [0.05, 0.1) is 5.69 Å². The van der Waals surface area contributed by atoms with Gasteiger partial charge < -0.3 is 15.3 Å². The van der Waals surface area contributed by atoms with Crippen LogP contribution in [-0.4, -0.2) is 14.5 Å². The van der Waals surface area contributed by atoms with Crippen LogP contribution in [0.2, 0.25) is 0 Å². The number of hydrogen-bond donors (Lipinski definition) is 2. The summed E-state index contributed by atoms with van der Waals surface area (Å²) in [6, 6.07) is 5.65. The SMILES string of the molecule is Cn1c(N)c(-c2ccccn2)[nH]c1=S. The number of hydrogen-bond acceptors (Lipinski definition) is 3. The van der Waals surface area contributed by atoms with Gasteiger partial charge in [0.25, 0.3) is 0 Å². The first kappa shape index (κ1) is 8.96. The van der Waals surface area contributed by atoms with E-state index in [1.54, 1.807) is 10.8 Å². The summed E-state index contributed by atoms with van der Waals surface area (Å²) in [5.74, 6) is 0.605. The fourth-order valence-electron chi connectivity index (χ4n) is 1.24. The molecule has 0 aliphatic carbocycles. The minimum atomic E-state index is 0.600. The van der Waals surface area contributed by atoms with E-state index in [1.807, 2.05) is 25.2 Å². The fraction of sp³-hybridized carbons (Fsp3) is 0.111. The molecule has 0 saturated heterocycles. The van der Waals surface area contributed by atoms with E-state index in [2.05, 4.69) is 9.97 Å². The molecule has 2 aromatic heterocycles. The van der Waals surface area contributed by atoms with Crippen molar-refractivity contribution < 1.29 is 0 Å². The van der Waals surface area contributed by atoms with E-state index in [9.17, 15) is 0 Å². The molecular weight excluding hydrogens is 196 g/mol. The molecule has 0 radical (unpaired) electrons. The highest BCUT2D eigenvalue weighted by Crippen LogP contribution is 2.21. The van der Waals surface area contributed by atoms with Gasteiger partial charge in [-0.25, -0.2) is 0 Å². The Hall–Kier alpha value is -1.62. The van der Waals surface area contributed by atoms with E-state index in [0.717, 1.165) is 11.4 Å². The molecule has 2 heterocycles. The first-order valence-electron chi connectivity index (χ1n) is 4.16. The van der Waals surface area contributed by atoms with E-state index in [4.69, 9.17) is 18.0 Å². The normalized spacial score (nSPS) is 10.4. The van der Waals surface area contributed by atoms with E-state index >= 15 is 0 Å². The second kappa shape index (κ2) is 3.26. The van der Waals surface area contributed by atoms with Crippen LogP contribution >= 0.6 is 12.2 Å². The lowest BCUT2D eigenvalue weighted by molar-refractivity contribution is 0.906. The molecule has 0 unspecified atom stereocenters. The summed E-state index contributed by atoms with van der Waals surface area (Å²) in [6.07, 6.45) is 1.72. The number of H-pyrrole nitrogens is 1. The Morgan fingerprint density at radius 2 is 2.29 bits per heavy atom. The Labute approximate surface area is 86.4 Å². The van der Waals surface area contributed by atoms with Crippen LogP contribution in [0.1, 0.15) is 0 Å². The summed E-state index contributed by atoms with van der Waals surface area (Å²) >= 11 is 5.06. The molecule has 2 aromatic rings. The molecule has 72 valence electrons. The van der Waals surface area contributed by atoms with Crippen molar-refractivity contribution >= 4 is 18.0 Å². The van der Waals surface area contributed by atoms with Gasteiger partial charge in [0.1, 0.15) is 11.5 Å². The average molecular weight is 206 g/mol. The summed E-state index contributed by atoms with van der Waals surface area (Å²) in [5, 5.41) is 0. The Bertz CT molecular complexity index is 497. The third kappa shape index (κ3) is 1.31. The van der Waals surface area contributed by atoms with E-state index in [1.165, 1.54) is 0 Å². The van der Waals surface area contributed by atoms with Gasteiger partial charge in [-0.05, 0) is 24.4 Å². The monoisotopic (exact) mass is 206 g/mol. The van der Waals surface area contributed by atoms with Crippen LogP contribution in [0, 0.1) is 4.77 Å². The third-order valence-electron chi connectivity index (χ3n) is 2.08. The quantitative estimate of drug-likeness (QED) is 0.698. The van der Waals surface area contributed by atoms with Crippen LogP contribution < -0.4 is 5.73 Å². The number of pyridine rings is 1. The van der Waals surface area contributed by atoms with Gasteiger partial charge >= 0.3 is 0 Å². The van der Waals surface area contributed by atoms with Gasteiger partial charge in [-0.3, -0.25) is 4.98 Å². The fourth-order valence-corrected chi connectivity index (χ4v) is 1.44. The highest BCUT2D eigenvalue weighted by molar-refractivity contribution is 7.71. The molecule has 5 heteroatoms. The first-order valence-corrected chi connectivity index (χ1v) is 4.57. The summed E-state index contributed by atoms with van der Waals surface area (Å²) in [5.41, 5.74) is 7.44. The van der Waals surface area contributed by atoms with Crippen molar-refractivity contribution in [3.8, 4) is 11.4 Å². The molecule has 0 spiro atoms. The number of rotatable bonds is 1. The molecule has 0 atom stereocenters. The second-order valence-corrected chi connectivity index (χ2v) is 3.35. The number of anilines is 1. The molecular formula is C9H10N4S. The smallest absolute Gasteiger partial charge is 0.179 e. The zero-order chi connectivity index (χ0) is 10.1. The average Bonchev–Trinajstić information content (AvgIpc) is 2.47. The molecule has 0 aromatic carbocycles. The van der Waals surface area contributed by atoms with Gasteiger partial charge in [-0.2, -0.15) is 0 Å². The molecule has 3 N–H and O–H groups in total. The number of nitrogen functional groups attached to an aromatic ring is 1. The molecule has 0 aliphatic heterocycles. The lowest BCUT2D eigenvalue weighted by Gasteiger charge is -1.98. The summed E-state index contributed by atoms with van der Waals surface area (Å²) in [6.45, 7) is 0. The van der Waals surface area contributed by atoms with Crippen LogP contribution in [0.3, 0.4) is 0 Å². The standard InChI is InChI=1S/C9H10N4S/c1-13-8(10)7(12-9(13)14)6-4-2-3-5-11-6/h2-5H,10H2,1H3,(H,12,14). The number of nitrogens with two attached hydrogens (primary N) is 1. The van der Waals surface area contributed by atoms with Crippen molar-refractivity contribution in [2.45, 2.75) is 0 Å². The molecule has 0 fully saturated rings. The van der Waals surface area contributed by atoms with E-state index in [0.29, 0.717) is 10.6 Å². The van der Waals surface area contributed by atoms with E-state index < -0.39 is 0 Å². The van der Waals surface area contributed by atoms with Gasteiger partial charge in [0.2, 0.25) is 0 Å². The molecule has 0 amide bonds. The van der Waals surface area contributed by atoms with Crippen molar-refractivity contribution in [2.75, 3.05) is 5.73 Å². The van der Waals surface area contributed by atoms with Crippen molar-refractivity contribution in [3.63, 3.8) is 0 Å². The topological polar surface area (TPSA) is 59.6 Å². The van der Waals surface area contributed by atoms with Gasteiger partial charge in [-0.15, -0.1) is 0 Å². The van der Waals surface area contributed by atoms with Crippen LogP contribution in [-0.2, 0) is 7.05 Å². The Kier molecular flexibility index (Phi) is 2.09. The maximum Gasteiger partial charge on any atom is 0.179 e. The molecule has 2 rings (SSSR count). The Morgan fingerprint density at radius 1 is 1.50 bits per heavy atom. The summed E-state index contributed by atoms with van der Waals surface area (Å²) in [7, 11) is 1.82. The molecule has 0 bridgehead atoms. The van der Waals surface area contributed by atoms with Gasteiger partial charge in [0.15, 0.2) is 4.77 Å². The highest BCUT2D eigenvalue weighted by atomic mass is 32.1. The maximum atomic E-state index is 5.86. The van der Waals surface area contributed by atoms with Crippen molar-refractivity contribution in [3.05, 3.63) is 29.2 Å². The summed E-state index contributed by atoms with van der Waals surface area (Å²) < 4.78 is 2.32. The lowest BCUT2D eigenvalue weighted by atomic mass is 10.3. The Balaban J connectivity index is 2.64. The number of aromatic nitrogens is 3. The van der Waals surface area contributed by atoms with Gasteiger partial charge in [0, 0.05) is 13.2 Å². The number of nitrogens with one attached hydrogen (secondary N) is 1. The van der Waals surface area contributed by atoms with Crippen molar-refractivity contribution in [2.24, 2.45) is 7.05 Å². The molecule has 0 saturated carbocycles. The molecule has 4 nitrogen and oxygen atoms in total. The largest absolute Gasteiger partial charge is 0.383 e. The Morgan fingerprint density at radius 3 is 2.79 bits per heavy atom. The minimum absolute atomic E-state index is 0.600. The lowest BCUT2D eigenvalue weighted by Crippen LogP contribution is -1.97. The highest BCUT2D eigenvalue weighted by Gasteiger charge is 2.08. The number of nitrogens with zero attached hydrogens (tertiary/aromatic N) is 2. The van der Waals surface area contributed by atoms with Crippen molar-refractivity contribution in [1.29, 1.82) is 0 Å². The third-order valence-corrected chi connectivity index (χ3v) is 2.45. The zero-order valence-electron chi connectivity index (χ0n) is 7.69. The summed E-state index contributed by atoms with van der Waals surface area (Å²) in [4.78, 5) is 7.21. The van der Waals surface area contributed by atoms with E-state index in [-0.39, 0.29) is 0 Å². The first-order chi connectivity index (χ1) is 6.70. The molecule has 0 aliphatic rings. The minimum Gasteiger partial charge on any atom is -0.383 e. The number of imidazole rings is 1. The predicted octanol–water partition coefficient (Wildman–Crippen LogP) is 1.73. The van der Waals surface area contributed by atoms with Crippen LogP contribution in [0.4, 0.5) is 5.82 Å². The second-order valence-electron chi connectivity index (χ2n) is 2.96. The van der Waals surface area contributed by atoms with Crippen molar-refractivity contribution in [1.82, 2.24) is 14.5 Å². The maximum absolute atomic E-state index is 5.86.